The molecule has 0 aromatic carbocycles. The molecule has 94 valence electrons. The van der Waals surface area contributed by atoms with Gasteiger partial charge in [0.2, 0.25) is 5.91 Å². The zero-order valence-electron chi connectivity index (χ0n) is 10.1. The topological polar surface area (TPSA) is 46.3 Å². The molecule has 1 aromatic heterocycles. The summed E-state index contributed by atoms with van der Waals surface area (Å²) < 4.78 is 0.749. The first kappa shape index (κ1) is 12.9. The molecule has 3 nitrogen and oxygen atoms in total. The van der Waals surface area contributed by atoms with Crippen LogP contribution in [0.2, 0.25) is 4.34 Å². The number of carbonyl (C=O) groups is 1. The van der Waals surface area contributed by atoms with Gasteiger partial charge >= 0.3 is 0 Å². The van der Waals surface area contributed by atoms with Gasteiger partial charge in [-0.1, -0.05) is 11.6 Å². The molecule has 2 N–H and O–H groups in total. The van der Waals surface area contributed by atoms with Crippen molar-refractivity contribution in [1.29, 1.82) is 0 Å². The molecule has 2 rings (SSSR count). The van der Waals surface area contributed by atoms with Crippen molar-refractivity contribution in [3.63, 3.8) is 0 Å². The maximum atomic E-state index is 12.2. The van der Waals surface area contributed by atoms with Crippen molar-refractivity contribution >= 4 is 28.8 Å². The molecule has 0 spiro atoms. The van der Waals surface area contributed by atoms with Crippen LogP contribution < -0.4 is 5.73 Å². The molecule has 5 heteroatoms. The smallest absolute Gasteiger partial charge is 0.242 e. The Balaban J connectivity index is 1.99. The average molecular weight is 273 g/mol. The van der Waals surface area contributed by atoms with Gasteiger partial charge in [0.15, 0.2) is 0 Å². The van der Waals surface area contributed by atoms with Crippen molar-refractivity contribution in [3.8, 4) is 0 Å². The Hall–Kier alpha value is -0.580. The fourth-order valence-electron chi connectivity index (χ4n) is 2.01. The zero-order valence-corrected chi connectivity index (χ0v) is 11.6. The van der Waals surface area contributed by atoms with Crippen LogP contribution in [0.4, 0.5) is 0 Å². The van der Waals surface area contributed by atoms with Gasteiger partial charge in [0.1, 0.15) is 0 Å². The number of hydrogen-bond acceptors (Lipinski definition) is 3. The molecule has 0 saturated heterocycles. The third kappa shape index (κ3) is 2.81. The van der Waals surface area contributed by atoms with Crippen LogP contribution >= 0.6 is 22.9 Å². The van der Waals surface area contributed by atoms with Gasteiger partial charge in [-0.2, -0.15) is 0 Å². The van der Waals surface area contributed by atoms with E-state index in [4.69, 9.17) is 17.3 Å². The summed E-state index contributed by atoms with van der Waals surface area (Å²) in [5, 5.41) is 0. The lowest BCUT2D eigenvalue weighted by Gasteiger charge is -2.29. The van der Waals surface area contributed by atoms with Gasteiger partial charge in [-0.3, -0.25) is 4.79 Å². The molecule has 1 amide bonds. The van der Waals surface area contributed by atoms with E-state index in [2.05, 4.69) is 0 Å². The van der Waals surface area contributed by atoms with Crippen LogP contribution in [0.1, 0.15) is 24.6 Å². The monoisotopic (exact) mass is 272 g/mol. The summed E-state index contributed by atoms with van der Waals surface area (Å²) in [4.78, 5) is 15.0. The number of thiophene rings is 1. The molecule has 1 saturated carbocycles. The van der Waals surface area contributed by atoms with Crippen molar-refractivity contribution in [2.75, 3.05) is 7.05 Å². The van der Waals surface area contributed by atoms with Crippen molar-refractivity contribution in [2.24, 2.45) is 11.7 Å². The molecule has 1 heterocycles. The highest BCUT2D eigenvalue weighted by atomic mass is 35.5. The van der Waals surface area contributed by atoms with E-state index in [0.29, 0.717) is 12.5 Å². The van der Waals surface area contributed by atoms with Gasteiger partial charge in [0.25, 0.3) is 0 Å². The summed E-state index contributed by atoms with van der Waals surface area (Å²) >= 11 is 7.36. The predicted molar refractivity (Wildman–Crippen MR) is 71.1 cm³/mol. The van der Waals surface area contributed by atoms with Crippen molar-refractivity contribution < 1.29 is 4.79 Å². The fraction of sp³-hybridized carbons (Fsp3) is 0.583. The third-order valence-corrected chi connectivity index (χ3v) is 4.47. The Morgan fingerprint density at radius 3 is 2.76 bits per heavy atom. The van der Waals surface area contributed by atoms with Crippen molar-refractivity contribution in [1.82, 2.24) is 4.90 Å². The first-order valence-corrected chi connectivity index (χ1v) is 6.89. The Labute approximate surface area is 111 Å². The quantitative estimate of drug-likeness (QED) is 0.915. The van der Waals surface area contributed by atoms with Gasteiger partial charge < -0.3 is 10.6 Å². The number of likely N-dealkylation sites (N-methyl/N-ethyl adjacent to an activating group) is 1. The lowest BCUT2D eigenvalue weighted by atomic mass is 9.95. The molecular weight excluding hydrogens is 256 g/mol. The second-order valence-corrected chi connectivity index (χ2v) is 6.72. The minimum absolute atomic E-state index is 0.0181. The number of rotatable bonds is 4. The molecule has 1 aromatic rings. The van der Waals surface area contributed by atoms with Gasteiger partial charge in [-0.25, -0.2) is 0 Å². The number of halogens is 1. The molecule has 0 bridgehead atoms. The van der Waals surface area contributed by atoms with E-state index in [0.717, 1.165) is 22.1 Å². The molecular formula is C12H17ClN2OS. The molecule has 1 fully saturated rings. The summed E-state index contributed by atoms with van der Waals surface area (Å²) in [5.41, 5.74) is 5.40. The fourth-order valence-corrected chi connectivity index (χ4v) is 3.15. The van der Waals surface area contributed by atoms with Gasteiger partial charge in [-0.15, -0.1) is 11.3 Å². The van der Waals surface area contributed by atoms with E-state index in [1.807, 2.05) is 19.1 Å². The van der Waals surface area contributed by atoms with Crippen LogP contribution in [0.5, 0.6) is 0 Å². The number of hydrogen-bond donors (Lipinski definition) is 1. The van der Waals surface area contributed by atoms with E-state index < -0.39 is 5.54 Å². The first-order chi connectivity index (χ1) is 7.91. The van der Waals surface area contributed by atoms with E-state index in [-0.39, 0.29) is 5.91 Å². The van der Waals surface area contributed by atoms with Crippen LogP contribution in [0.15, 0.2) is 12.1 Å². The summed E-state index contributed by atoms with van der Waals surface area (Å²) in [5.74, 6) is 0.369. The summed E-state index contributed by atoms with van der Waals surface area (Å²) in [6.45, 7) is 2.42. The molecule has 17 heavy (non-hydrogen) atoms. The van der Waals surface area contributed by atoms with Gasteiger partial charge in [0, 0.05) is 11.9 Å². The number of nitrogens with zero attached hydrogens (tertiary/aromatic N) is 1. The van der Waals surface area contributed by atoms with E-state index in [1.165, 1.54) is 11.3 Å². The zero-order chi connectivity index (χ0) is 12.6. The van der Waals surface area contributed by atoms with Gasteiger partial charge in [-0.05, 0) is 37.8 Å². The minimum Gasteiger partial charge on any atom is -0.339 e. The average Bonchev–Trinajstić information content (AvgIpc) is 3.03. The summed E-state index contributed by atoms with van der Waals surface area (Å²) in [6, 6.07) is 3.80. The lowest BCUT2D eigenvalue weighted by Crippen LogP contribution is -2.53. The Kier molecular flexibility index (Phi) is 3.48. The molecule has 1 atom stereocenters. The normalized spacial score (nSPS) is 18.8. The van der Waals surface area contributed by atoms with Crippen molar-refractivity contribution in [2.45, 2.75) is 31.8 Å². The van der Waals surface area contributed by atoms with Crippen LogP contribution in [0, 0.1) is 5.92 Å². The van der Waals surface area contributed by atoms with Crippen molar-refractivity contribution in [3.05, 3.63) is 21.3 Å². The van der Waals surface area contributed by atoms with E-state index in [9.17, 15) is 4.79 Å². The largest absolute Gasteiger partial charge is 0.339 e. The Morgan fingerprint density at radius 1 is 1.65 bits per heavy atom. The van der Waals surface area contributed by atoms with Crippen LogP contribution in [-0.2, 0) is 11.3 Å². The lowest BCUT2D eigenvalue weighted by molar-refractivity contribution is -0.136. The van der Waals surface area contributed by atoms with E-state index in [1.54, 1.807) is 11.9 Å². The highest BCUT2D eigenvalue weighted by Crippen LogP contribution is 2.39. The third-order valence-electron chi connectivity index (χ3n) is 3.25. The predicted octanol–water partition coefficient (Wildman–Crippen LogP) is 2.49. The summed E-state index contributed by atoms with van der Waals surface area (Å²) in [6.07, 6.45) is 2.13. The highest BCUT2D eigenvalue weighted by molar-refractivity contribution is 7.16. The molecule has 0 aliphatic heterocycles. The number of carbonyl (C=O) groups excluding carboxylic acids is 1. The van der Waals surface area contributed by atoms with Crippen LogP contribution in [0.25, 0.3) is 0 Å². The second-order valence-electron chi connectivity index (χ2n) is 4.92. The summed E-state index contributed by atoms with van der Waals surface area (Å²) in [7, 11) is 1.80. The number of amides is 1. The second kappa shape index (κ2) is 4.59. The molecule has 1 unspecified atom stereocenters. The maximum absolute atomic E-state index is 12.2. The molecule has 1 aliphatic rings. The molecule has 1 aliphatic carbocycles. The van der Waals surface area contributed by atoms with E-state index >= 15 is 0 Å². The molecule has 0 radical (unpaired) electrons. The van der Waals surface area contributed by atoms with Crippen LogP contribution in [0.3, 0.4) is 0 Å². The first-order valence-electron chi connectivity index (χ1n) is 5.70. The Bertz CT molecular complexity index is 426. The highest BCUT2D eigenvalue weighted by Gasteiger charge is 2.45. The standard InChI is InChI=1S/C12H17ClN2OS/c1-12(14,8-3-4-8)11(16)15(2)7-9-5-6-10(13)17-9/h5-6,8H,3-4,7,14H2,1-2H3. The van der Waals surface area contributed by atoms with Gasteiger partial charge in [0.05, 0.1) is 16.4 Å². The Morgan fingerprint density at radius 2 is 2.29 bits per heavy atom. The number of nitrogens with two attached hydrogens (primary N) is 1. The minimum atomic E-state index is -0.712. The maximum Gasteiger partial charge on any atom is 0.242 e. The van der Waals surface area contributed by atoms with Crippen LogP contribution in [-0.4, -0.2) is 23.4 Å². The SMILES string of the molecule is CN(Cc1ccc(Cl)s1)C(=O)C(C)(N)C1CC1.